The Kier molecular flexibility index (Phi) is 2.15. The average molecular weight is 215 g/mol. The first kappa shape index (κ1) is 8.81. The first-order valence-corrected chi connectivity index (χ1v) is 4.98. The molecule has 0 spiro atoms. The summed E-state index contributed by atoms with van der Waals surface area (Å²) in [4.78, 5) is 0. The summed E-state index contributed by atoms with van der Waals surface area (Å²) in [5.41, 5.74) is 0.542. The van der Waals surface area contributed by atoms with Crippen molar-refractivity contribution in [1.82, 2.24) is 0 Å². The number of phenols is 1. The van der Waals surface area contributed by atoms with E-state index in [0.717, 1.165) is 10.1 Å². The number of aromatic hydroxyl groups is 1. The van der Waals surface area contributed by atoms with Crippen LogP contribution in [0.4, 0.5) is 0 Å². The molecule has 0 aliphatic carbocycles. The van der Waals surface area contributed by atoms with Gasteiger partial charge in [-0.1, -0.05) is 11.6 Å². The van der Waals surface area contributed by atoms with Crippen molar-refractivity contribution in [3.05, 3.63) is 28.1 Å². The minimum absolute atomic E-state index is 0.0541. The molecule has 0 atom stereocenters. The first-order valence-electron chi connectivity index (χ1n) is 3.72. The number of benzene rings is 1. The van der Waals surface area contributed by atoms with E-state index in [1.807, 2.05) is 11.4 Å². The van der Waals surface area contributed by atoms with Crippen molar-refractivity contribution in [3.63, 3.8) is 0 Å². The third-order valence-corrected chi connectivity index (χ3v) is 3.30. The van der Waals surface area contributed by atoms with Gasteiger partial charge in [-0.05, 0) is 11.4 Å². The molecule has 0 radical (unpaired) electrons. The zero-order valence-electron chi connectivity index (χ0n) is 6.62. The highest BCUT2D eigenvalue weighted by atomic mass is 35.5. The highest BCUT2D eigenvalue weighted by Crippen LogP contribution is 2.36. The molecule has 0 aliphatic rings. The second kappa shape index (κ2) is 3.18. The van der Waals surface area contributed by atoms with Crippen LogP contribution in [0, 0.1) is 0 Å². The van der Waals surface area contributed by atoms with E-state index in [0.29, 0.717) is 10.6 Å². The number of halogens is 1. The van der Waals surface area contributed by atoms with Crippen LogP contribution < -0.4 is 0 Å². The zero-order chi connectivity index (χ0) is 9.42. The van der Waals surface area contributed by atoms with Crippen LogP contribution in [0.5, 0.6) is 5.75 Å². The van der Waals surface area contributed by atoms with Crippen LogP contribution in [-0.2, 0) is 6.61 Å². The Morgan fingerprint density at radius 2 is 2.23 bits per heavy atom. The lowest BCUT2D eigenvalue weighted by Crippen LogP contribution is -1.85. The number of aliphatic hydroxyl groups is 1. The number of fused-ring (bicyclic) bond motifs is 1. The van der Waals surface area contributed by atoms with Gasteiger partial charge >= 0.3 is 0 Å². The Morgan fingerprint density at radius 3 is 2.92 bits per heavy atom. The van der Waals surface area contributed by atoms with E-state index < -0.39 is 0 Å². The molecule has 0 aliphatic heterocycles. The van der Waals surface area contributed by atoms with Gasteiger partial charge in [0.25, 0.3) is 0 Å². The van der Waals surface area contributed by atoms with E-state index >= 15 is 0 Å². The predicted octanol–water partition coefficient (Wildman–Crippen LogP) is 2.75. The Labute approximate surface area is 84.0 Å². The number of thiophene rings is 1. The van der Waals surface area contributed by atoms with Crippen molar-refractivity contribution in [2.45, 2.75) is 6.61 Å². The quantitative estimate of drug-likeness (QED) is 0.767. The number of aliphatic hydroxyl groups excluding tert-OH is 1. The predicted molar refractivity (Wildman–Crippen MR) is 54.4 cm³/mol. The van der Waals surface area contributed by atoms with Crippen LogP contribution in [0.15, 0.2) is 17.5 Å². The summed E-state index contributed by atoms with van der Waals surface area (Å²) in [6.45, 7) is -0.170. The molecular weight excluding hydrogens is 208 g/mol. The van der Waals surface area contributed by atoms with E-state index in [2.05, 4.69) is 0 Å². The summed E-state index contributed by atoms with van der Waals surface area (Å²) in [7, 11) is 0. The molecule has 0 saturated carbocycles. The average Bonchev–Trinajstić information content (AvgIpc) is 2.53. The van der Waals surface area contributed by atoms with E-state index in [4.69, 9.17) is 16.7 Å². The lowest BCUT2D eigenvalue weighted by Gasteiger charge is -2.03. The molecule has 1 aromatic heterocycles. The van der Waals surface area contributed by atoms with Crippen LogP contribution in [0.25, 0.3) is 10.1 Å². The van der Waals surface area contributed by atoms with Crippen LogP contribution in [0.2, 0.25) is 5.02 Å². The molecule has 1 aromatic carbocycles. The minimum Gasteiger partial charge on any atom is -0.508 e. The monoisotopic (exact) mass is 214 g/mol. The molecular formula is C9H7ClO2S. The summed E-state index contributed by atoms with van der Waals surface area (Å²) in [5.74, 6) is 0.0541. The van der Waals surface area contributed by atoms with E-state index in [-0.39, 0.29) is 12.4 Å². The Morgan fingerprint density at radius 1 is 1.46 bits per heavy atom. The Bertz CT molecular complexity index is 450. The van der Waals surface area contributed by atoms with Gasteiger partial charge in [-0.2, -0.15) is 0 Å². The molecule has 13 heavy (non-hydrogen) atoms. The molecule has 0 amide bonds. The number of rotatable bonds is 1. The second-order valence-corrected chi connectivity index (χ2v) is 4.00. The van der Waals surface area contributed by atoms with Crippen molar-refractivity contribution in [1.29, 1.82) is 0 Å². The second-order valence-electron chi connectivity index (χ2n) is 2.68. The van der Waals surface area contributed by atoms with E-state index in [9.17, 15) is 5.11 Å². The van der Waals surface area contributed by atoms with Gasteiger partial charge in [0.2, 0.25) is 0 Å². The normalized spacial score (nSPS) is 10.9. The highest BCUT2D eigenvalue weighted by molar-refractivity contribution is 7.17. The Balaban J connectivity index is 2.88. The molecule has 0 bridgehead atoms. The third kappa shape index (κ3) is 1.29. The molecule has 0 fully saturated rings. The summed E-state index contributed by atoms with van der Waals surface area (Å²) < 4.78 is 0.906. The molecule has 2 nitrogen and oxygen atoms in total. The molecule has 0 saturated heterocycles. The van der Waals surface area contributed by atoms with Crippen LogP contribution in [-0.4, -0.2) is 10.2 Å². The van der Waals surface area contributed by atoms with Crippen molar-refractivity contribution in [2.24, 2.45) is 0 Å². The zero-order valence-corrected chi connectivity index (χ0v) is 8.19. The van der Waals surface area contributed by atoms with Gasteiger partial charge in [0.1, 0.15) is 5.75 Å². The van der Waals surface area contributed by atoms with Crippen molar-refractivity contribution in [3.8, 4) is 5.75 Å². The van der Waals surface area contributed by atoms with Crippen molar-refractivity contribution in [2.75, 3.05) is 0 Å². The maximum absolute atomic E-state index is 9.47. The lowest BCUT2D eigenvalue weighted by atomic mass is 10.1. The van der Waals surface area contributed by atoms with Gasteiger partial charge in [-0.25, -0.2) is 0 Å². The van der Waals surface area contributed by atoms with Gasteiger partial charge in [-0.15, -0.1) is 11.3 Å². The van der Waals surface area contributed by atoms with Crippen LogP contribution in [0.1, 0.15) is 5.56 Å². The smallest absolute Gasteiger partial charge is 0.123 e. The topological polar surface area (TPSA) is 40.5 Å². The van der Waals surface area contributed by atoms with E-state index in [1.54, 1.807) is 0 Å². The fourth-order valence-corrected chi connectivity index (χ4v) is 2.48. The number of hydrogen-bond acceptors (Lipinski definition) is 3. The highest BCUT2D eigenvalue weighted by Gasteiger charge is 2.10. The SMILES string of the molecule is OCc1c(O)cc(Cl)c2sccc12. The molecule has 1 heterocycles. The molecule has 4 heteroatoms. The summed E-state index contributed by atoms with van der Waals surface area (Å²) >= 11 is 7.40. The third-order valence-electron chi connectivity index (χ3n) is 1.94. The fourth-order valence-electron chi connectivity index (χ4n) is 1.31. The first-order chi connectivity index (χ1) is 6.24. The molecule has 2 rings (SSSR count). The van der Waals surface area contributed by atoms with E-state index in [1.165, 1.54) is 17.4 Å². The standard InChI is InChI=1S/C9H7ClO2S/c10-7-3-8(12)6(4-11)5-1-2-13-9(5)7/h1-3,11-12H,4H2. The van der Waals surface area contributed by atoms with Gasteiger partial charge in [0.15, 0.2) is 0 Å². The van der Waals surface area contributed by atoms with Crippen LogP contribution in [0.3, 0.4) is 0 Å². The molecule has 2 aromatic rings. The molecule has 68 valence electrons. The minimum atomic E-state index is -0.170. The summed E-state index contributed by atoms with van der Waals surface area (Å²) in [5, 5.41) is 21.7. The lowest BCUT2D eigenvalue weighted by molar-refractivity contribution is 0.277. The van der Waals surface area contributed by atoms with Crippen molar-refractivity contribution < 1.29 is 10.2 Å². The summed E-state index contributed by atoms with van der Waals surface area (Å²) in [6.07, 6.45) is 0. The fraction of sp³-hybridized carbons (Fsp3) is 0.111. The van der Waals surface area contributed by atoms with Gasteiger partial charge in [-0.3, -0.25) is 0 Å². The van der Waals surface area contributed by atoms with Gasteiger partial charge in [0.05, 0.1) is 16.3 Å². The summed E-state index contributed by atoms with van der Waals surface area (Å²) in [6, 6.07) is 3.31. The Hall–Kier alpha value is -0.770. The van der Waals surface area contributed by atoms with Gasteiger partial charge < -0.3 is 10.2 Å². The maximum Gasteiger partial charge on any atom is 0.123 e. The molecule has 0 unspecified atom stereocenters. The van der Waals surface area contributed by atoms with Gasteiger partial charge in [0, 0.05) is 17.0 Å². The molecule has 2 N–H and O–H groups in total. The van der Waals surface area contributed by atoms with Crippen molar-refractivity contribution >= 4 is 33.0 Å². The number of hydrogen-bond donors (Lipinski definition) is 2. The maximum atomic E-state index is 9.47. The van der Waals surface area contributed by atoms with Crippen LogP contribution >= 0.6 is 22.9 Å². The largest absolute Gasteiger partial charge is 0.508 e.